The molecular weight excluding hydrogens is 244 g/mol. The van der Waals surface area contributed by atoms with Crippen molar-refractivity contribution in [1.29, 1.82) is 0 Å². The second kappa shape index (κ2) is 6.10. The molecule has 0 aliphatic heterocycles. The van der Waals surface area contributed by atoms with Crippen molar-refractivity contribution < 1.29 is 4.92 Å². The Morgan fingerprint density at radius 1 is 1.26 bits per heavy atom. The quantitative estimate of drug-likeness (QED) is 0.637. The summed E-state index contributed by atoms with van der Waals surface area (Å²) < 4.78 is 1.93. The molecule has 0 saturated heterocycles. The number of hydrogen-bond acceptors (Lipinski definition) is 4. The van der Waals surface area contributed by atoms with Crippen LogP contribution in [0.2, 0.25) is 0 Å². The summed E-state index contributed by atoms with van der Waals surface area (Å²) in [6.45, 7) is 4.30. The zero-order valence-electron chi connectivity index (χ0n) is 10.7. The third-order valence-electron chi connectivity index (χ3n) is 2.89. The molecule has 1 aromatic carbocycles. The minimum atomic E-state index is -0.392. The number of nitrogens with one attached hydrogen (secondary N) is 1. The van der Waals surface area contributed by atoms with Gasteiger partial charge in [0.2, 0.25) is 0 Å². The third-order valence-corrected chi connectivity index (χ3v) is 2.89. The number of aromatic nitrogens is 2. The minimum Gasteiger partial charge on any atom is -0.307 e. The van der Waals surface area contributed by atoms with Crippen molar-refractivity contribution in [3.8, 4) is 0 Å². The molecule has 19 heavy (non-hydrogen) atoms. The fraction of sp³-hybridized carbons (Fsp3) is 0.308. The van der Waals surface area contributed by atoms with E-state index in [0.717, 1.165) is 24.3 Å². The zero-order valence-corrected chi connectivity index (χ0v) is 10.7. The molecule has 1 N–H and O–H groups in total. The molecule has 0 saturated carbocycles. The number of rotatable bonds is 6. The maximum atomic E-state index is 10.5. The second-order valence-electron chi connectivity index (χ2n) is 4.17. The van der Waals surface area contributed by atoms with Crippen molar-refractivity contribution >= 4 is 5.69 Å². The Bertz CT molecular complexity index is 548. The summed E-state index contributed by atoms with van der Waals surface area (Å²) in [5.74, 6) is 0. The van der Waals surface area contributed by atoms with Gasteiger partial charge in [0.25, 0.3) is 5.69 Å². The Kier molecular flexibility index (Phi) is 4.25. The van der Waals surface area contributed by atoms with Crippen molar-refractivity contribution in [2.75, 3.05) is 0 Å². The Morgan fingerprint density at radius 3 is 2.63 bits per heavy atom. The third kappa shape index (κ3) is 3.38. The van der Waals surface area contributed by atoms with E-state index in [1.807, 2.05) is 17.7 Å². The molecular formula is C13H16N4O2. The molecule has 0 unspecified atom stereocenters. The lowest BCUT2D eigenvalue weighted by Crippen LogP contribution is -2.16. The van der Waals surface area contributed by atoms with Crippen molar-refractivity contribution in [3.05, 3.63) is 57.9 Å². The molecule has 0 bridgehead atoms. The van der Waals surface area contributed by atoms with Crippen LogP contribution < -0.4 is 5.32 Å². The van der Waals surface area contributed by atoms with Crippen LogP contribution >= 0.6 is 0 Å². The smallest absolute Gasteiger partial charge is 0.269 e. The molecule has 2 aromatic rings. The van der Waals surface area contributed by atoms with Gasteiger partial charge in [-0.1, -0.05) is 12.1 Å². The van der Waals surface area contributed by atoms with E-state index >= 15 is 0 Å². The molecule has 2 rings (SSSR count). The maximum absolute atomic E-state index is 10.5. The second-order valence-corrected chi connectivity index (χ2v) is 4.17. The van der Waals surface area contributed by atoms with Crippen molar-refractivity contribution in [3.63, 3.8) is 0 Å². The van der Waals surface area contributed by atoms with E-state index in [0.29, 0.717) is 6.54 Å². The SMILES string of the molecule is CCn1nccc1CNCc1ccc([N+](=O)[O-])cc1. The lowest BCUT2D eigenvalue weighted by Gasteiger charge is -2.06. The highest BCUT2D eigenvalue weighted by molar-refractivity contribution is 5.32. The fourth-order valence-electron chi connectivity index (χ4n) is 1.87. The topological polar surface area (TPSA) is 73.0 Å². The standard InChI is InChI=1S/C13H16N4O2/c1-2-16-13(7-8-15-16)10-14-9-11-3-5-12(6-4-11)17(18)19/h3-8,14H,2,9-10H2,1H3. The van der Waals surface area contributed by atoms with Gasteiger partial charge >= 0.3 is 0 Å². The highest BCUT2D eigenvalue weighted by Crippen LogP contribution is 2.11. The van der Waals surface area contributed by atoms with Gasteiger partial charge in [0, 0.05) is 38.0 Å². The van der Waals surface area contributed by atoms with Crippen molar-refractivity contribution in [1.82, 2.24) is 15.1 Å². The number of non-ortho nitro benzene ring substituents is 1. The molecule has 0 amide bonds. The monoisotopic (exact) mass is 260 g/mol. The Labute approximate surface area is 111 Å². The van der Waals surface area contributed by atoms with Crippen LogP contribution in [0.5, 0.6) is 0 Å². The van der Waals surface area contributed by atoms with Crippen LogP contribution in [0.15, 0.2) is 36.5 Å². The molecule has 1 heterocycles. The van der Waals surface area contributed by atoms with E-state index in [4.69, 9.17) is 0 Å². The number of nitro benzene ring substituents is 1. The highest BCUT2D eigenvalue weighted by atomic mass is 16.6. The van der Waals surface area contributed by atoms with E-state index < -0.39 is 4.92 Å². The molecule has 6 nitrogen and oxygen atoms in total. The summed E-state index contributed by atoms with van der Waals surface area (Å²) in [4.78, 5) is 10.1. The lowest BCUT2D eigenvalue weighted by molar-refractivity contribution is -0.384. The van der Waals surface area contributed by atoms with Crippen molar-refractivity contribution in [2.45, 2.75) is 26.6 Å². The van der Waals surface area contributed by atoms with Crippen LogP contribution in [-0.2, 0) is 19.6 Å². The first-order valence-electron chi connectivity index (χ1n) is 6.15. The first-order valence-corrected chi connectivity index (χ1v) is 6.15. The van der Waals surface area contributed by atoms with E-state index in [1.54, 1.807) is 18.3 Å². The van der Waals surface area contributed by atoms with Crippen LogP contribution in [0.3, 0.4) is 0 Å². The van der Waals surface area contributed by atoms with Crippen molar-refractivity contribution in [2.24, 2.45) is 0 Å². The Morgan fingerprint density at radius 2 is 2.00 bits per heavy atom. The number of nitro groups is 1. The first kappa shape index (κ1) is 13.2. The molecule has 0 aliphatic rings. The van der Waals surface area contributed by atoms with Gasteiger partial charge < -0.3 is 5.32 Å². The minimum absolute atomic E-state index is 0.118. The van der Waals surface area contributed by atoms with E-state index in [9.17, 15) is 10.1 Å². The molecule has 1 aromatic heterocycles. The van der Waals surface area contributed by atoms with Crippen LogP contribution in [0, 0.1) is 10.1 Å². The highest BCUT2D eigenvalue weighted by Gasteiger charge is 2.04. The summed E-state index contributed by atoms with van der Waals surface area (Å²) in [5.41, 5.74) is 2.27. The average Bonchev–Trinajstić information content (AvgIpc) is 2.87. The molecule has 0 spiro atoms. The number of benzene rings is 1. The summed E-state index contributed by atoms with van der Waals surface area (Å²) in [5, 5.41) is 18.0. The predicted molar refractivity (Wildman–Crippen MR) is 71.5 cm³/mol. The molecule has 6 heteroatoms. The normalized spacial score (nSPS) is 10.6. The van der Waals surface area contributed by atoms with Gasteiger partial charge in [-0.05, 0) is 18.6 Å². The predicted octanol–water partition coefficient (Wildman–Crippen LogP) is 2.10. The van der Waals surface area contributed by atoms with Crippen LogP contribution in [0.1, 0.15) is 18.2 Å². The van der Waals surface area contributed by atoms with E-state index in [1.165, 1.54) is 12.1 Å². The summed E-state index contributed by atoms with van der Waals surface area (Å²) in [6.07, 6.45) is 1.78. The summed E-state index contributed by atoms with van der Waals surface area (Å²) in [7, 11) is 0. The van der Waals surface area contributed by atoms with E-state index in [2.05, 4.69) is 10.4 Å². The first-order chi connectivity index (χ1) is 9.20. The van der Waals surface area contributed by atoms with E-state index in [-0.39, 0.29) is 5.69 Å². The average molecular weight is 260 g/mol. The van der Waals surface area contributed by atoms with Gasteiger partial charge in [-0.2, -0.15) is 5.10 Å². The van der Waals surface area contributed by atoms with Gasteiger partial charge in [-0.15, -0.1) is 0 Å². The maximum Gasteiger partial charge on any atom is 0.269 e. The number of aryl methyl sites for hydroxylation is 1. The van der Waals surface area contributed by atoms with Gasteiger partial charge in [-0.25, -0.2) is 0 Å². The van der Waals surface area contributed by atoms with Gasteiger partial charge in [-0.3, -0.25) is 14.8 Å². The summed E-state index contributed by atoms with van der Waals surface area (Å²) in [6, 6.07) is 8.55. The largest absolute Gasteiger partial charge is 0.307 e. The lowest BCUT2D eigenvalue weighted by atomic mass is 10.2. The molecule has 100 valence electrons. The fourth-order valence-corrected chi connectivity index (χ4v) is 1.87. The Hall–Kier alpha value is -2.21. The number of hydrogen-bond donors (Lipinski definition) is 1. The zero-order chi connectivity index (χ0) is 13.7. The Balaban J connectivity index is 1.87. The molecule has 0 aliphatic carbocycles. The van der Waals surface area contributed by atoms with Gasteiger partial charge in [0.15, 0.2) is 0 Å². The van der Waals surface area contributed by atoms with Gasteiger partial charge in [0.05, 0.1) is 10.6 Å². The molecule has 0 fully saturated rings. The number of nitrogens with zero attached hydrogens (tertiary/aromatic N) is 3. The van der Waals surface area contributed by atoms with Crippen LogP contribution in [0.4, 0.5) is 5.69 Å². The van der Waals surface area contributed by atoms with Gasteiger partial charge in [0.1, 0.15) is 0 Å². The molecule has 0 radical (unpaired) electrons. The van der Waals surface area contributed by atoms with Crippen LogP contribution in [-0.4, -0.2) is 14.7 Å². The summed E-state index contributed by atoms with van der Waals surface area (Å²) >= 11 is 0. The van der Waals surface area contributed by atoms with Crippen LogP contribution in [0.25, 0.3) is 0 Å². The molecule has 0 atom stereocenters.